The Morgan fingerprint density at radius 1 is 1.39 bits per heavy atom. The number of carbonyl (C=O) groups excluding carboxylic acids is 1. The van der Waals surface area contributed by atoms with Crippen molar-refractivity contribution in [2.24, 2.45) is 0 Å². The first kappa shape index (κ1) is 22.4. The number of amides is 1. The van der Waals surface area contributed by atoms with Gasteiger partial charge < -0.3 is 24.7 Å². The van der Waals surface area contributed by atoms with Crippen LogP contribution >= 0.6 is 27.5 Å². The molecule has 0 radical (unpaired) electrons. The second-order valence-corrected chi connectivity index (χ2v) is 8.36. The molecular weight excluding hydrogens is 452 g/mol. The molecule has 0 aliphatic rings. The monoisotopic (exact) mass is 474 g/mol. The standard InChI is InChI=1S/C18H24BrClN4O4/c1-18(2,3)28-17(26)24(4)7-5-21-6-8-27-15-13-12(9-11(19)14(15)20)22-10-23-16(13)25/h9-10,21H,5-8H2,1-4H3,(H,22,23,25). The third-order valence-corrected chi connectivity index (χ3v) is 4.87. The van der Waals surface area contributed by atoms with Crippen LogP contribution in [0.2, 0.25) is 5.02 Å². The van der Waals surface area contributed by atoms with Gasteiger partial charge in [0.2, 0.25) is 0 Å². The molecule has 2 N–H and O–H groups in total. The van der Waals surface area contributed by atoms with Gasteiger partial charge in [0.25, 0.3) is 5.56 Å². The van der Waals surface area contributed by atoms with Crippen LogP contribution in [0.1, 0.15) is 20.8 Å². The quantitative estimate of drug-likeness (QED) is 0.597. The van der Waals surface area contributed by atoms with Gasteiger partial charge in [-0.3, -0.25) is 4.79 Å². The lowest BCUT2D eigenvalue weighted by Crippen LogP contribution is -2.38. The summed E-state index contributed by atoms with van der Waals surface area (Å²) in [5, 5.41) is 3.79. The van der Waals surface area contributed by atoms with Crippen molar-refractivity contribution in [1.82, 2.24) is 20.2 Å². The molecule has 2 aromatic rings. The van der Waals surface area contributed by atoms with Crippen LogP contribution in [0, 0.1) is 0 Å². The second-order valence-electron chi connectivity index (χ2n) is 7.13. The van der Waals surface area contributed by atoms with E-state index in [0.29, 0.717) is 40.0 Å². The van der Waals surface area contributed by atoms with Crippen molar-refractivity contribution in [1.29, 1.82) is 0 Å². The number of ether oxygens (including phenoxy) is 2. The lowest BCUT2D eigenvalue weighted by atomic mass is 10.2. The van der Waals surface area contributed by atoms with Crippen LogP contribution in [0.5, 0.6) is 5.75 Å². The van der Waals surface area contributed by atoms with Crippen LogP contribution < -0.4 is 15.6 Å². The first-order valence-electron chi connectivity index (χ1n) is 8.73. The van der Waals surface area contributed by atoms with Crippen LogP contribution in [0.4, 0.5) is 4.79 Å². The first-order chi connectivity index (χ1) is 13.1. The summed E-state index contributed by atoms with van der Waals surface area (Å²) >= 11 is 9.63. The molecule has 0 spiro atoms. The number of likely N-dealkylation sites (N-methyl/N-ethyl adjacent to an activating group) is 1. The van der Waals surface area contributed by atoms with Gasteiger partial charge in [0.15, 0.2) is 5.75 Å². The van der Waals surface area contributed by atoms with Crippen molar-refractivity contribution in [3.8, 4) is 5.75 Å². The number of carbonyl (C=O) groups is 1. The zero-order valence-electron chi connectivity index (χ0n) is 16.3. The Kier molecular flexibility index (Phi) is 7.68. The number of aromatic amines is 1. The summed E-state index contributed by atoms with van der Waals surface area (Å²) in [7, 11) is 1.68. The molecule has 0 fully saturated rings. The SMILES string of the molecule is CN(CCNCCOc1c(Cl)c(Br)cc2nc[nH]c(=O)c12)C(=O)OC(C)(C)C. The van der Waals surface area contributed by atoms with Gasteiger partial charge in [-0.05, 0) is 42.8 Å². The molecule has 154 valence electrons. The molecule has 0 atom stereocenters. The first-order valence-corrected chi connectivity index (χ1v) is 9.90. The minimum atomic E-state index is -0.523. The number of rotatable bonds is 7. The van der Waals surface area contributed by atoms with E-state index in [-0.39, 0.29) is 24.0 Å². The van der Waals surface area contributed by atoms with Crippen LogP contribution in [0.25, 0.3) is 10.9 Å². The van der Waals surface area contributed by atoms with E-state index in [1.54, 1.807) is 13.1 Å². The van der Waals surface area contributed by atoms with E-state index < -0.39 is 5.60 Å². The average molecular weight is 476 g/mol. The summed E-state index contributed by atoms with van der Waals surface area (Å²) in [6, 6.07) is 1.67. The lowest BCUT2D eigenvalue weighted by Gasteiger charge is -2.24. The van der Waals surface area contributed by atoms with Crippen LogP contribution in [0.3, 0.4) is 0 Å². The number of halogens is 2. The van der Waals surface area contributed by atoms with Crippen molar-refractivity contribution in [2.75, 3.05) is 33.3 Å². The summed E-state index contributed by atoms with van der Waals surface area (Å²) in [5.74, 6) is 0.285. The number of aromatic nitrogens is 2. The van der Waals surface area contributed by atoms with E-state index in [4.69, 9.17) is 21.1 Å². The van der Waals surface area contributed by atoms with Gasteiger partial charge in [-0.1, -0.05) is 11.6 Å². The van der Waals surface area contributed by atoms with Crippen molar-refractivity contribution in [3.63, 3.8) is 0 Å². The summed E-state index contributed by atoms with van der Waals surface area (Å²) < 4.78 is 11.6. The summed E-state index contributed by atoms with van der Waals surface area (Å²) in [6.07, 6.45) is 0.960. The van der Waals surface area contributed by atoms with E-state index in [2.05, 4.69) is 31.2 Å². The number of nitrogens with zero attached hydrogens (tertiary/aromatic N) is 2. The lowest BCUT2D eigenvalue weighted by molar-refractivity contribution is 0.0300. The molecular formula is C18H24BrClN4O4. The molecule has 0 saturated heterocycles. The number of fused-ring (bicyclic) bond motifs is 1. The zero-order valence-corrected chi connectivity index (χ0v) is 18.6. The molecule has 2 rings (SSSR count). The van der Waals surface area contributed by atoms with Crippen LogP contribution in [0.15, 0.2) is 21.7 Å². The van der Waals surface area contributed by atoms with E-state index in [0.717, 1.165) is 0 Å². The van der Waals surface area contributed by atoms with Crippen LogP contribution in [-0.2, 0) is 4.74 Å². The number of H-pyrrole nitrogens is 1. The largest absolute Gasteiger partial charge is 0.490 e. The fourth-order valence-corrected chi connectivity index (χ4v) is 2.91. The van der Waals surface area contributed by atoms with Gasteiger partial charge >= 0.3 is 6.09 Å². The number of benzene rings is 1. The molecule has 1 amide bonds. The van der Waals surface area contributed by atoms with Gasteiger partial charge in [0, 0.05) is 31.2 Å². The highest BCUT2D eigenvalue weighted by Gasteiger charge is 2.19. The highest BCUT2D eigenvalue weighted by Crippen LogP contribution is 2.37. The maximum Gasteiger partial charge on any atom is 0.410 e. The predicted octanol–water partition coefficient (Wildman–Crippen LogP) is 3.17. The summed E-state index contributed by atoms with van der Waals surface area (Å²) in [6.45, 7) is 7.32. The Labute approximate surface area is 176 Å². The molecule has 28 heavy (non-hydrogen) atoms. The Bertz CT molecular complexity index is 898. The maximum atomic E-state index is 12.1. The maximum absolute atomic E-state index is 12.1. The van der Waals surface area contributed by atoms with E-state index in [1.165, 1.54) is 11.2 Å². The topological polar surface area (TPSA) is 96.5 Å². The van der Waals surface area contributed by atoms with Gasteiger partial charge in [0.05, 0.1) is 16.9 Å². The van der Waals surface area contributed by atoms with Gasteiger partial charge in [0.1, 0.15) is 17.6 Å². The van der Waals surface area contributed by atoms with Crippen molar-refractivity contribution in [2.45, 2.75) is 26.4 Å². The highest BCUT2D eigenvalue weighted by molar-refractivity contribution is 9.10. The Morgan fingerprint density at radius 3 is 2.79 bits per heavy atom. The van der Waals surface area contributed by atoms with Crippen molar-refractivity contribution < 1.29 is 14.3 Å². The number of hydrogen-bond donors (Lipinski definition) is 2. The zero-order chi connectivity index (χ0) is 20.9. The van der Waals surface area contributed by atoms with Crippen molar-refractivity contribution >= 4 is 44.5 Å². The molecule has 1 aromatic carbocycles. The molecule has 1 heterocycles. The second kappa shape index (κ2) is 9.58. The van der Waals surface area contributed by atoms with Gasteiger partial charge in [-0.15, -0.1) is 0 Å². The fraction of sp³-hybridized carbons (Fsp3) is 0.500. The molecule has 0 saturated carbocycles. The minimum absolute atomic E-state index is 0.285. The molecule has 10 heteroatoms. The summed E-state index contributed by atoms with van der Waals surface area (Å²) in [5.41, 5.74) is -0.353. The fourth-order valence-electron chi connectivity index (χ4n) is 2.31. The van der Waals surface area contributed by atoms with Gasteiger partial charge in [-0.25, -0.2) is 9.78 Å². The summed E-state index contributed by atoms with van der Waals surface area (Å²) in [4.78, 5) is 32.2. The number of hydrogen-bond acceptors (Lipinski definition) is 6. The minimum Gasteiger partial charge on any atom is -0.490 e. The normalized spacial score (nSPS) is 11.5. The Morgan fingerprint density at radius 2 is 2.11 bits per heavy atom. The molecule has 0 unspecified atom stereocenters. The number of nitrogens with one attached hydrogen (secondary N) is 2. The van der Waals surface area contributed by atoms with E-state index in [1.807, 2.05) is 20.8 Å². The molecule has 1 aromatic heterocycles. The predicted molar refractivity (Wildman–Crippen MR) is 112 cm³/mol. The van der Waals surface area contributed by atoms with Gasteiger partial charge in [-0.2, -0.15) is 0 Å². The third kappa shape index (κ3) is 6.08. The highest BCUT2D eigenvalue weighted by atomic mass is 79.9. The molecule has 0 aliphatic carbocycles. The van der Waals surface area contributed by atoms with Crippen LogP contribution in [-0.4, -0.2) is 59.9 Å². The third-order valence-electron chi connectivity index (χ3n) is 3.64. The van der Waals surface area contributed by atoms with Crippen molar-refractivity contribution in [3.05, 3.63) is 32.2 Å². The Balaban J connectivity index is 1.86. The molecule has 8 nitrogen and oxygen atoms in total. The average Bonchev–Trinajstić information content (AvgIpc) is 2.59. The van der Waals surface area contributed by atoms with E-state index in [9.17, 15) is 9.59 Å². The van der Waals surface area contributed by atoms with E-state index >= 15 is 0 Å². The smallest absolute Gasteiger partial charge is 0.410 e. The Hall–Kier alpha value is -1.84. The molecule has 0 bridgehead atoms. The molecule has 0 aliphatic heterocycles.